The minimum Gasteiger partial charge on any atom is -0.508 e. The van der Waals surface area contributed by atoms with E-state index in [1.165, 1.54) is 17.6 Å². The first-order chi connectivity index (χ1) is 12.5. The molecule has 0 aliphatic rings. The maximum Gasteiger partial charge on any atom is 0.412 e. The van der Waals surface area contributed by atoms with E-state index in [-0.39, 0.29) is 12.2 Å². The molecule has 2 aromatic rings. The Kier molecular flexibility index (Phi) is 7.19. The van der Waals surface area contributed by atoms with Gasteiger partial charge in [-0.1, -0.05) is 40.2 Å². The highest BCUT2D eigenvalue weighted by atomic mass is 79.9. The standard InChI is InChI=1S/C18H17BrN2O5/c19-12-9-10-15(22)14(11-12)16(7-4-8-17(23)21-25)26-18(24)20-13-5-2-1-3-6-13/h1-6,8-11,16,22,25H,7H2,(H,20,24)(H,21,23)/b8-4+/t16-/m1/s1. The monoisotopic (exact) mass is 420 g/mol. The van der Waals surface area contributed by atoms with Gasteiger partial charge in [-0.15, -0.1) is 0 Å². The van der Waals surface area contributed by atoms with Crippen molar-refractivity contribution in [2.45, 2.75) is 12.5 Å². The fourth-order valence-corrected chi connectivity index (χ4v) is 2.53. The smallest absolute Gasteiger partial charge is 0.412 e. The predicted molar refractivity (Wildman–Crippen MR) is 98.8 cm³/mol. The van der Waals surface area contributed by atoms with Crippen LogP contribution in [0.15, 0.2) is 65.2 Å². The highest BCUT2D eigenvalue weighted by molar-refractivity contribution is 9.10. The number of aromatic hydroxyl groups is 1. The van der Waals surface area contributed by atoms with Crippen LogP contribution in [0.5, 0.6) is 5.75 Å². The van der Waals surface area contributed by atoms with Crippen LogP contribution in [0.4, 0.5) is 10.5 Å². The average Bonchev–Trinajstić information content (AvgIpc) is 2.63. The van der Waals surface area contributed by atoms with Crippen LogP contribution < -0.4 is 10.8 Å². The lowest BCUT2D eigenvalue weighted by atomic mass is 10.0. The van der Waals surface area contributed by atoms with Gasteiger partial charge in [-0.25, -0.2) is 10.3 Å². The van der Waals surface area contributed by atoms with Gasteiger partial charge in [-0.2, -0.15) is 0 Å². The third-order valence-electron chi connectivity index (χ3n) is 3.34. The van der Waals surface area contributed by atoms with Crippen LogP contribution in [0.25, 0.3) is 0 Å². The summed E-state index contributed by atoms with van der Waals surface area (Å²) >= 11 is 3.30. The fraction of sp³-hybridized carbons (Fsp3) is 0.111. The average molecular weight is 421 g/mol. The molecule has 136 valence electrons. The number of phenolic OH excluding ortho intramolecular Hbond substituents is 1. The van der Waals surface area contributed by atoms with Gasteiger partial charge >= 0.3 is 6.09 Å². The molecule has 0 unspecified atom stereocenters. The van der Waals surface area contributed by atoms with Crippen LogP contribution in [0.2, 0.25) is 0 Å². The molecular weight excluding hydrogens is 404 g/mol. The first-order valence-corrected chi connectivity index (χ1v) is 8.40. The van der Waals surface area contributed by atoms with E-state index in [0.717, 1.165) is 6.08 Å². The molecule has 0 fully saturated rings. The Morgan fingerprint density at radius 2 is 1.92 bits per heavy atom. The minimum absolute atomic E-state index is 0.0503. The van der Waals surface area contributed by atoms with Gasteiger partial charge in [0.1, 0.15) is 11.9 Å². The normalized spacial score (nSPS) is 11.8. The molecule has 0 radical (unpaired) electrons. The van der Waals surface area contributed by atoms with Crippen LogP contribution in [0, 0.1) is 0 Å². The number of carbonyl (C=O) groups excluding carboxylic acids is 2. The van der Waals surface area contributed by atoms with Crippen molar-refractivity contribution < 1.29 is 24.6 Å². The molecule has 2 aromatic carbocycles. The zero-order valence-electron chi connectivity index (χ0n) is 13.6. The van der Waals surface area contributed by atoms with Crippen molar-refractivity contribution in [1.29, 1.82) is 0 Å². The number of phenols is 1. The number of hydroxylamine groups is 1. The molecule has 0 aliphatic carbocycles. The number of ether oxygens (including phenoxy) is 1. The van der Waals surface area contributed by atoms with E-state index >= 15 is 0 Å². The molecule has 26 heavy (non-hydrogen) atoms. The highest BCUT2D eigenvalue weighted by Gasteiger charge is 2.20. The maximum absolute atomic E-state index is 12.2. The summed E-state index contributed by atoms with van der Waals surface area (Å²) < 4.78 is 6.11. The summed E-state index contributed by atoms with van der Waals surface area (Å²) in [6.45, 7) is 0. The van der Waals surface area contributed by atoms with E-state index in [1.54, 1.807) is 36.4 Å². The zero-order valence-corrected chi connectivity index (χ0v) is 15.1. The summed E-state index contributed by atoms with van der Waals surface area (Å²) in [5, 5.41) is 21.2. The second kappa shape index (κ2) is 9.59. The molecule has 0 aromatic heterocycles. The lowest BCUT2D eigenvalue weighted by Crippen LogP contribution is -2.18. The molecule has 0 aliphatic heterocycles. The summed E-state index contributed by atoms with van der Waals surface area (Å²) in [4.78, 5) is 23.3. The topological polar surface area (TPSA) is 108 Å². The number of hydrogen-bond donors (Lipinski definition) is 4. The van der Waals surface area contributed by atoms with Crippen molar-refractivity contribution in [3.63, 3.8) is 0 Å². The third kappa shape index (κ3) is 5.91. The van der Waals surface area contributed by atoms with Crippen LogP contribution in [-0.4, -0.2) is 22.3 Å². The number of rotatable bonds is 6. The number of amides is 2. The lowest BCUT2D eigenvalue weighted by Gasteiger charge is -2.18. The largest absolute Gasteiger partial charge is 0.508 e. The lowest BCUT2D eigenvalue weighted by molar-refractivity contribution is -0.124. The first-order valence-electron chi connectivity index (χ1n) is 7.61. The molecule has 0 heterocycles. The van der Waals surface area contributed by atoms with E-state index in [0.29, 0.717) is 15.7 Å². The van der Waals surface area contributed by atoms with Gasteiger partial charge in [-0.05, 0) is 30.3 Å². The van der Waals surface area contributed by atoms with Gasteiger partial charge < -0.3 is 9.84 Å². The van der Waals surface area contributed by atoms with Crippen molar-refractivity contribution in [2.75, 3.05) is 5.32 Å². The number of hydrogen-bond acceptors (Lipinski definition) is 5. The summed E-state index contributed by atoms with van der Waals surface area (Å²) in [5.74, 6) is -0.762. The van der Waals surface area contributed by atoms with Crippen molar-refractivity contribution in [2.24, 2.45) is 0 Å². The first kappa shape index (κ1) is 19.5. The van der Waals surface area contributed by atoms with Crippen LogP contribution in [-0.2, 0) is 9.53 Å². The van der Waals surface area contributed by atoms with Crippen LogP contribution in [0.3, 0.4) is 0 Å². The number of benzene rings is 2. The Morgan fingerprint density at radius 1 is 1.19 bits per heavy atom. The zero-order chi connectivity index (χ0) is 18.9. The number of para-hydroxylation sites is 1. The maximum atomic E-state index is 12.2. The van der Waals surface area contributed by atoms with Gasteiger partial charge in [0.15, 0.2) is 0 Å². The molecule has 0 saturated carbocycles. The number of anilines is 1. The second-order valence-corrected chi connectivity index (χ2v) is 6.12. The number of carbonyl (C=O) groups is 2. The van der Waals surface area contributed by atoms with Gasteiger partial charge in [-0.3, -0.25) is 15.3 Å². The molecule has 4 N–H and O–H groups in total. The molecule has 2 amide bonds. The van der Waals surface area contributed by atoms with Gasteiger partial charge in [0.05, 0.1) is 0 Å². The SMILES string of the molecule is O=C(/C=C/C[C@@H](OC(=O)Nc1ccccc1)c1cc(Br)ccc1O)NO. The summed E-state index contributed by atoms with van der Waals surface area (Å²) in [6, 6.07) is 13.5. The van der Waals surface area contributed by atoms with Gasteiger partial charge in [0.25, 0.3) is 5.91 Å². The number of nitrogens with one attached hydrogen (secondary N) is 2. The highest BCUT2D eigenvalue weighted by Crippen LogP contribution is 2.32. The van der Waals surface area contributed by atoms with E-state index in [2.05, 4.69) is 21.2 Å². The Balaban J connectivity index is 2.16. The Morgan fingerprint density at radius 3 is 2.62 bits per heavy atom. The van der Waals surface area contributed by atoms with Crippen LogP contribution >= 0.6 is 15.9 Å². The van der Waals surface area contributed by atoms with E-state index in [1.807, 2.05) is 6.07 Å². The van der Waals surface area contributed by atoms with Crippen LogP contribution in [0.1, 0.15) is 18.1 Å². The van der Waals surface area contributed by atoms with E-state index < -0.39 is 18.1 Å². The van der Waals surface area contributed by atoms with Gasteiger partial charge in [0, 0.05) is 28.2 Å². The fourth-order valence-electron chi connectivity index (χ4n) is 2.16. The summed E-state index contributed by atoms with van der Waals surface area (Å²) in [5.41, 5.74) is 2.40. The minimum atomic E-state index is -0.848. The molecule has 0 spiro atoms. The Labute approximate surface area is 158 Å². The molecule has 8 heteroatoms. The molecular formula is C18H17BrN2O5. The van der Waals surface area contributed by atoms with Crippen molar-refractivity contribution in [1.82, 2.24) is 5.48 Å². The number of halogens is 1. The molecule has 1 atom stereocenters. The van der Waals surface area contributed by atoms with Crippen molar-refractivity contribution in [3.05, 3.63) is 70.7 Å². The Bertz CT molecular complexity index is 795. The van der Waals surface area contributed by atoms with E-state index in [9.17, 15) is 14.7 Å². The quantitative estimate of drug-likeness (QED) is 0.322. The van der Waals surface area contributed by atoms with Crippen molar-refractivity contribution >= 4 is 33.6 Å². The third-order valence-corrected chi connectivity index (χ3v) is 3.83. The summed E-state index contributed by atoms with van der Waals surface area (Å²) in [7, 11) is 0. The summed E-state index contributed by atoms with van der Waals surface area (Å²) in [6.07, 6.45) is 1.08. The molecule has 7 nitrogen and oxygen atoms in total. The Hall–Kier alpha value is -2.84. The van der Waals surface area contributed by atoms with Gasteiger partial charge in [0.2, 0.25) is 0 Å². The predicted octanol–water partition coefficient (Wildman–Crippen LogP) is 3.90. The molecule has 2 rings (SSSR count). The molecule has 0 saturated heterocycles. The molecule has 0 bridgehead atoms. The van der Waals surface area contributed by atoms with Crippen molar-refractivity contribution in [3.8, 4) is 5.75 Å². The van der Waals surface area contributed by atoms with E-state index in [4.69, 9.17) is 9.94 Å². The second-order valence-electron chi connectivity index (χ2n) is 5.20.